The van der Waals surface area contributed by atoms with Gasteiger partial charge < -0.3 is 15.1 Å². The first-order chi connectivity index (χ1) is 18.3. The number of carbonyl (C=O) groups excluding carboxylic acids is 2. The van der Waals surface area contributed by atoms with E-state index in [2.05, 4.69) is 10.6 Å². The summed E-state index contributed by atoms with van der Waals surface area (Å²) in [5.74, 6) is -2.45. The van der Waals surface area contributed by atoms with Crippen LogP contribution in [0.3, 0.4) is 0 Å². The van der Waals surface area contributed by atoms with Crippen molar-refractivity contribution >= 4 is 23.4 Å². The summed E-state index contributed by atoms with van der Waals surface area (Å²) in [6.45, 7) is 1.68. The van der Waals surface area contributed by atoms with Crippen molar-refractivity contribution in [3.8, 4) is 17.2 Å². The van der Waals surface area contributed by atoms with Crippen molar-refractivity contribution in [1.29, 1.82) is 5.26 Å². The third-order valence-electron chi connectivity index (χ3n) is 5.89. The molecular formula is C29H22ClF2N3O3. The molecule has 38 heavy (non-hydrogen) atoms. The molecule has 3 aromatic carbocycles. The zero-order valence-corrected chi connectivity index (χ0v) is 20.9. The van der Waals surface area contributed by atoms with Gasteiger partial charge in [-0.1, -0.05) is 48.0 Å². The van der Waals surface area contributed by atoms with Gasteiger partial charge in [0.05, 0.1) is 6.07 Å². The van der Waals surface area contributed by atoms with Crippen molar-refractivity contribution < 1.29 is 22.8 Å². The zero-order valence-electron chi connectivity index (χ0n) is 20.2. The predicted molar refractivity (Wildman–Crippen MR) is 138 cm³/mol. The van der Waals surface area contributed by atoms with Crippen LogP contribution >= 0.6 is 11.6 Å². The van der Waals surface area contributed by atoms with Gasteiger partial charge in [-0.2, -0.15) is 5.26 Å². The van der Waals surface area contributed by atoms with Crippen molar-refractivity contribution in [3.05, 3.63) is 118 Å². The van der Waals surface area contributed by atoms with Crippen LogP contribution < -0.4 is 10.6 Å². The lowest BCUT2D eigenvalue weighted by molar-refractivity contribution is -0.123. The first-order valence-electron chi connectivity index (χ1n) is 11.6. The molecule has 4 aromatic rings. The second-order valence-electron chi connectivity index (χ2n) is 8.51. The number of hydrogen-bond acceptors (Lipinski definition) is 4. The summed E-state index contributed by atoms with van der Waals surface area (Å²) in [7, 11) is 0. The lowest BCUT2D eigenvalue weighted by Gasteiger charge is -2.20. The van der Waals surface area contributed by atoms with Gasteiger partial charge in [-0.15, -0.1) is 0 Å². The molecule has 2 unspecified atom stereocenters. The Morgan fingerprint density at radius 3 is 2.24 bits per heavy atom. The molecule has 0 aliphatic carbocycles. The van der Waals surface area contributed by atoms with E-state index in [1.54, 1.807) is 49.4 Å². The molecule has 0 saturated heterocycles. The van der Waals surface area contributed by atoms with Crippen molar-refractivity contribution in [2.24, 2.45) is 0 Å². The van der Waals surface area contributed by atoms with E-state index < -0.39 is 42.0 Å². The first-order valence-corrected chi connectivity index (χ1v) is 12.0. The van der Waals surface area contributed by atoms with Gasteiger partial charge in [0.1, 0.15) is 29.2 Å². The molecule has 0 aliphatic rings. The molecule has 2 atom stereocenters. The van der Waals surface area contributed by atoms with E-state index in [0.29, 0.717) is 10.8 Å². The van der Waals surface area contributed by atoms with Crippen molar-refractivity contribution in [2.45, 2.75) is 25.4 Å². The van der Waals surface area contributed by atoms with Gasteiger partial charge in [0, 0.05) is 28.1 Å². The van der Waals surface area contributed by atoms with E-state index >= 15 is 0 Å². The number of carbonyl (C=O) groups is 2. The first kappa shape index (κ1) is 26.6. The second kappa shape index (κ2) is 11.7. The fourth-order valence-electron chi connectivity index (χ4n) is 3.90. The van der Waals surface area contributed by atoms with Crippen LogP contribution in [0.25, 0.3) is 11.1 Å². The molecular weight excluding hydrogens is 512 g/mol. The summed E-state index contributed by atoms with van der Waals surface area (Å²) >= 11 is 6.25. The van der Waals surface area contributed by atoms with Crippen LogP contribution in [0.2, 0.25) is 5.02 Å². The molecule has 0 spiro atoms. The third-order valence-corrected chi connectivity index (χ3v) is 6.21. The topological polar surface area (TPSA) is 95.1 Å². The van der Waals surface area contributed by atoms with Crippen LogP contribution in [0.1, 0.15) is 33.5 Å². The predicted octanol–water partition coefficient (Wildman–Crippen LogP) is 5.91. The number of amides is 2. The number of nitriles is 1. The van der Waals surface area contributed by atoms with Crippen molar-refractivity contribution in [3.63, 3.8) is 0 Å². The SMILES string of the molecule is Cc1ccc(C(C#N)NC(=O)C(Cc2c(F)cccc2F)NC(=O)c2ccc(-c3ccccc3Cl)cc2)o1. The summed E-state index contributed by atoms with van der Waals surface area (Å²) in [6, 6.07) is 19.6. The molecule has 0 aliphatic heterocycles. The molecule has 9 heteroatoms. The number of hydrogen-bond donors (Lipinski definition) is 2. The summed E-state index contributed by atoms with van der Waals surface area (Å²) < 4.78 is 34.2. The quantitative estimate of drug-likeness (QED) is 0.294. The van der Waals surface area contributed by atoms with Crippen molar-refractivity contribution in [2.75, 3.05) is 0 Å². The number of benzene rings is 3. The maximum Gasteiger partial charge on any atom is 0.251 e. The Morgan fingerprint density at radius 1 is 0.947 bits per heavy atom. The van der Waals surface area contributed by atoms with Crippen LogP contribution in [-0.2, 0) is 11.2 Å². The summed E-state index contributed by atoms with van der Waals surface area (Å²) in [6.07, 6.45) is -0.483. The molecule has 1 heterocycles. The highest BCUT2D eigenvalue weighted by Gasteiger charge is 2.28. The van der Waals surface area contributed by atoms with Gasteiger partial charge in [0.15, 0.2) is 6.04 Å². The van der Waals surface area contributed by atoms with Gasteiger partial charge in [-0.3, -0.25) is 9.59 Å². The summed E-state index contributed by atoms with van der Waals surface area (Å²) in [4.78, 5) is 26.3. The Balaban J connectivity index is 1.58. The Kier molecular flexibility index (Phi) is 8.19. The van der Waals surface area contributed by atoms with Gasteiger partial charge in [0.2, 0.25) is 5.91 Å². The minimum Gasteiger partial charge on any atom is -0.463 e. The number of halogens is 3. The second-order valence-corrected chi connectivity index (χ2v) is 8.91. The fourth-order valence-corrected chi connectivity index (χ4v) is 4.14. The van der Waals surface area contributed by atoms with E-state index in [4.69, 9.17) is 16.0 Å². The molecule has 0 bridgehead atoms. The summed E-state index contributed by atoms with van der Waals surface area (Å²) in [5.41, 5.74) is 1.40. The van der Waals surface area contributed by atoms with E-state index in [0.717, 1.165) is 23.3 Å². The number of furan rings is 1. The van der Waals surface area contributed by atoms with E-state index in [9.17, 15) is 23.6 Å². The minimum absolute atomic E-state index is 0.190. The van der Waals surface area contributed by atoms with Crippen LogP contribution in [-0.4, -0.2) is 17.9 Å². The van der Waals surface area contributed by atoms with E-state index in [-0.39, 0.29) is 16.9 Å². The highest BCUT2D eigenvalue weighted by Crippen LogP contribution is 2.27. The lowest BCUT2D eigenvalue weighted by atomic mass is 10.0. The lowest BCUT2D eigenvalue weighted by Crippen LogP contribution is -2.49. The Morgan fingerprint density at radius 2 is 1.63 bits per heavy atom. The molecule has 2 amide bonds. The van der Waals surface area contributed by atoms with Crippen molar-refractivity contribution in [1.82, 2.24) is 10.6 Å². The average molecular weight is 534 g/mol. The maximum absolute atomic E-state index is 14.4. The molecule has 1 aromatic heterocycles. The Hall–Kier alpha value is -4.48. The minimum atomic E-state index is -1.40. The molecule has 2 N–H and O–H groups in total. The third kappa shape index (κ3) is 6.07. The highest BCUT2D eigenvalue weighted by atomic mass is 35.5. The smallest absolute Gasteiger partial charge is 0.251 e. The maximum atomic E-state index is 14.4. The molecule has 0 radical (unpaired) electrons. The number of nitrogens with one attached hydrogen (secondary N) is 2. The normalized spacial score (nSPS) is 12.3. The standard InChI is InChI=1S/C29H22ClF2N3O3/c1-17-9-14-27(38-17)26(16-33)35-29(37)25(15-21-23(31)7-4-8-24(21)32)34-28(36)19-12-10-18(11-13-19)20-5-2-3-6-22(20)30/h2-14,25-26H,15H2,1H3,(H,34,36)(H,35,37). The Labute approximate surface area is 222 Å². The monoisotopic (exact) mass is 533 g/mol. The zero-order chi connectivity index (χ0) is 27.2. The largest absolute Gasteiger partial charge is 0.463 e. The molecule has 6 nitrogen and oxygen atoms in total. The Bertz CT molecular complexity index is 1490. The van der Waals surface area contributed by atoms with Gasteiger partial charge in [-0.05, 0) is 55.0 Å². The molecule has 192 valence electrons. The number of rotatable bonds is 8. The molecule has 0 fully saturated rings. The average Bonchev–Trinajstić information content (AvgIpc) is 3.35. The molecule has 0 saturated carbocycles. The van der Waals surface area contributed by atoms with Crippen LogP contribution in [0.5, 0.6) is 0 Å². The number of nitrogens with zero attached hydrogens (tertiary/aromatic N) is 1. The fraction of sp³-hybridized carbons (Fsp3) is 0.138. The van der Waals surface area contributed by atoms with Gasteiger partial charge >= 0.3 is 0 Å². The van der Waals surface area contributed by atoms with E-state index in [1.807, 2.05) is 18.2 Å². The highest BCUT2D eigenvalue weighted by molar-refractivity contribution is 6.33. The van der Waals surface area contributed by atoms with Gasteiger partial charge in [-0.25, -0.2) is 8.78 Å². The van der Waals surface area contributed by atoms with Crippen LogP contribution in [0, 0.1) is 29.9 Å². The van der Waals surface area contributed by atoms with Gasteiger partial charge in [0.25, 0.3) is 5.91 Å². The number of aryl methyl sites for hydroxylation is 1. The summed E-state index contributed by atoms with van der Waals surface area (Å²) in [5, 5.41) is 15.1. The van der Waals surface area contributed by atoms with Crippen LogP contribution in [0.15, 0.2) is 83.3 Å². The molecule has 4 rings (SSSR count). The van der Waals surface area contributed by atoms with Crippen LogP contribution in [0.4, 0.5) is 8.78 Å². The van der Waals surface area contributed by atoms with E-state index in [1.165, 1.54) is 12.1 Å².